The van der Waals surface area contributed by atoms with Gasteiger partial charge in [0.15, 0.2) is 0 Å². The molecule has 0 heterocycles. The molecule has 0 aromatic heterocycles. The van der Waals surface area contributed by atoms with Crippen molar-refractivity contribution >= 4 is 10.4 Å². The molecular weight excluding hydrogens is 156 g/mol. The van der Waals surface area contributed by atoms with Gasteiger partial charge in [-0.3, -0.25) is 4.18 Å². The van der Waals surface area contributed by atoms with Gasteiger partial charge in [0, 0.05) is 0 Å². The van der Waals surface area contributed by atoms with E-state index >= 15 is 0 Å². The van der Waals surface area contributed by atoms with Crippen LogP contribution in [-0.4, -0.2) is 21.1 Å². The maximum absolute atomic E-state index is 10.6. The third-order valence-corrected chi connectivity index (χ3v) is 1.67. The first kappa shape index (κ1) is 9.87. The smallest absolute Gasteiger partial charge is 0.252 e. The first-order valence-electron chi connectivity index (χ1n) is 2.78. The zero-order valence-corrected chi connectivity index (χ0v) is 7.36. The quantitative estimate of drug-likeness (QED) is 0.608. The highest BCUT2D eigenvalue weighted by Crippen LogP contribution is 2.11. The van der Waals surface area contributed by atoms with Gasteiger partial charge >= 0.3 is 10.4 Å². The first-order valence-corrected chi connectivity index (χ1v) is 4.11. The van der Waals surface area contributed by atoms with Gasteiger partial charge in [-0.15, -0.1) is 0 Å². The van der Waals surface area contributed by atoms with Gasteiger partial charge in [0.2, 0.25) is 0 Å². The van der Waals surface area contributed by atoms with Gasteiger partial charge in [0.25, 0.3) is 0 Å². The van der Waals surface area contributed by atoms with Gasteiger partial charge in [0.05, 0.1) is 12.7 Å². The van der Waals surface area contributed by atoms with Crippen molar-refractivity contribution in [1.82, 2.24) is 0 Å². The van der Waals surface area contributed by atoms with Crippen molar-refractivity contribution in [1.29, 1.82) is 0 Å². The fraction of sp³-hybridized carbons (Fsp3) is 1.00. The van der Waals surface area contributed by atoms with Gasteiger partial charge in [-0.2, -0.15) is 8.42 Å². The number of rotatable bonds is 2. The van der Waals surface area contributed by atoms with Crippen LogP contribution in [0, 0.1) is 0 Å². The highest BCUT2D eigenvalue weighted by molar-refractivity contribution is 7.81. The van der Waals surface area contributed by atoms with Crippen molar-refractivity contribution in [2.24, 2.45) is 0 Å². The van der Waals surface area contributed by atoms with E-state index in [4.69, 9.17) is 0 Å². The SMILES string of the molecule is COS(=O)(=O)OC(C)(C)C. The molecule has 0 aliphatic heterocycles. The molecule has 4 nitrogen and oxygen atoms in total. The predicted molar refractivity (Wildman–Crippen MR) is 36.8 cm³/mol. The molecule has 0 aromatic carbocycles. The Kier molecular flexibility index (Phi) is 2.82. The second kappa shape index (κ2) is 2.86. The molecule has 0 spiro atoms. The van der Waals surface area contributed by atoms with Crippen LogP contribution in [0.3, 0.4) is 0 Å². The van der Waals surface area contributed by atoms with E-state index in [1.165, 1.54) is 0 Å². The summed E-state index contributed by atoms with van der Waals surface area (Å²) in [5.41, 5.74) is -0.727. The molecular formula is C5H12O4S. The third kappa shape index (κ3) is 4.72. The molecule has 0 bridgehead atoms. The molecule has 0 fully saturated rings. The van der Waals surface area contributed by atoms with E-state index < -0.39 is 16.0 Å². The van der Waals surface area contributed by atoms with Crippen LogP contribution in [0.2, 0.25) is 0 Å². The van der Waals surface area contributed by atoms with E-state index in [1.54, 1.807) is 20.8 Å². The minimum atomic E-state index is -3.78. The third-order valence-electron chi connectivity index (χ3n) is 0.556. The molecule has 0 rings (SSSR count). The molecule has 5 heteroatoms. The summed E-state index contributed by atoms with van der Waals surface area (Å²) in [5, 5.41) is 0. The molecule has 0 N–H and O–H groups in total. The molecule has 0 aliphatic rings. The molecule has 62 valence electrons. The Balaban J connectivity index is 4.18. The van der Waals surface area contributed by atoms with Crippen LogP contribution < -0.4 is 0 Å². The highest BCUT2D eigenvalue weighted by atomic mass is 32.3. The largest absolute Gasteiger partial charge is 0.400 e. The van der Waals surface area contributed by atoms with Gasteiger partial charge in [-0.1, -0.05) is 0 Å². The van der Waals surface area contributed by atoms with E-state index in [0.29, 0.717) is 0 Å². The Hall–Kier alpha value is -0.130. The lowest BCUT2D eigenvalue weighted by Gasteiger charge is -2.16. The van der Waals surface area contributed by atoms with Gasteiger partial charge < -0.3 is 0 Å². The summed E-state index contributed by atoms with van der Waals surface area (Å²) in [4.78, 5) is 0. The molecule has 0 unspecified atom stereocenters. The minimum Gasteiger partial charge on any atom is -0.252 e. The minimum absolute atomic E-state index is 0.727. The van der Waals surface area contributed by atoms with Crippen LogP contribution in [0.5, 0.6) is 0 Å². The highest BCUT2D eigenvalue weighted by Gasteiger charge is 2.20. The normalized spacial score (nSPS) is 13.6. The van der Waals surface area contributed by atoms with Crippen LogP contribution in [-0.2, 0) is 18.8 Å². The maximum atomic E-state index is 10.6. The van der Waals surface area contributed by atoms with Crippen molar-refractivity contribution in [2.45, 2.75) is 26.4 Å². The van der Waals surface area contributed by atoms with Crippen molar-refractivity contribution in [3.63, 3.8) is 0 Å². The summed E-state index contributed by atoms with van der Waals surface area (Å²) in [6, 6.07) is 0. The predicted octanol–water partition coefficient (Wildman–Crippen LogP) is 0.693. The van der Waals surface area contributed by atoms with E-state index in [1.807, 2.05) is 0 Å². The average Bonchev–Trinajstić information content (AvgIpc) is 1.60. The summed E-state index contributed by atoms with van der Waals surface area (Å²) in [7, 11) is -2.72. The second-order valence-corrected chi connectivity index (χ2v) is 4.09. The fourth-order valence-corrected chi connectivity index (χ4v) is 1.02. The summed E-state index contributed by atoms with van der Waals surface area (Å²) < 4.78 is 29.7. The zero-order valence-electron chi connectivity index (χ0n) is 6.54. The number of hydrogen-bond acceptors (Lipinski definition) is 4. The Morgan fingerprint density at radius 1 is 1.20 bits per heavy atom. The Bertz CT molecular complexity index is 186. The maximum Gasteiger partial charge on any atom is 0.400 e. The lowest BCUT2D eigenvalue weighted by atomic mass is 10.2. The van der Waals surface area contributed by atoms with E-state index in [-0.39, 0.29) is 0 Å². The van der Waals surface area contributed by atoms with E-state index in [2.05, 4.69) is 8.37 Å². The van der Waals surface area contributed by atoms with E-state index in [0.717, 1.165) is 7.11 Å². The standard InChI is InChI=1S/C5H12O4S/c1-5(2,3)9-10(6,7)8-4/h1-4H3. The van der Waals surface area contributed by atoms with Crippen LogP contribution in [0.15, 0.2) is 0 Å². The molecule has 0 amide bonds. The Labute approximate surface area is 61.5 Å². The molecule has 0 radical (unpaired) electrons. The molecule has 10 heavy (non-hydrogen) atoms. The van der Waals surface area contributed by atoms with Crippen molar-refractivity contribution < 1.29 is 16.8 Å². The van der Waals surface area contributed by atoms with Crippen LogP contribution >= 0.6 is 0 Å². The second-order valence-electron chi connectivity index (χ2n) is 2.77. The molecule has 0 aromatic rings. The summed E-state index contributed by atoms with van der Waals surface area (Å²) in [5.74, 6) is 0. The molecule has 0 saturated heterocycles. The van der Waals surface area contributed by atoms with Crippen molar-refractivity contribution in [3.8, 4) is 0 Å². The first-order chi connectivity index (χ1) is 4.27. The lowest BCUT2D eigenvalue weighted by molar-refractivity contribution is 0.111. The van der Waals surface area contributed by atoms with Gasteiger partial charge in [-0.25, -0.2) is 4.18 Å². The van der Waals surface area contributed by atoms with Crippen LogP contribution in [0.25, 0.3) is 0 Å². The Morgan fingerprint density at radius 3 is 1.70 bits per heavy atom. The lowest BCUT2D eigenvalue weighted by Crippen LogP contribution is -2.24. The summed E-state index contributed by atoms with van der Waals surface area (Å²) in [6.07, 6.45) is 0. The van der Waals surface area contributed by atoms with E-state index in [9.17, 15) is 8.42 Å². The van der Waals surface area contributed by atoms with Gasteiger partial charge in [0.1, 0.15) is 0 Å². The topological polar surface area (TPSA) is 52.6 Å². The van der Waals surface area contributed by atoms with Crippen molar-refractivity contribution in [3.05, 3.63) is 0 Å². The Morgan fingerprint density at radius 2 is 1.60 bits per heavy atom. The monoisotopic (exact) mass is 168 g/mol. The molecule has 0 saturated carbocycles. The molecule has 0 aliphatic carbocycles. The molecule has 0 atom stereocenters. The zero-order chi connectivity index (χ0) is 8.41. The number of hydrogen-bond donors (Lipinski definition) is 0. The summed E-state index contributed by atoms with van der Waals surface area (Å²) >= 11 is 0. The van der Waals surface area contributed by atoms with Crippen molar-refractivity contribution in [2.75, 3.05) is 7.11 Å². The van der Waals surface area contributed by atoms with Gasteiger partial charge in [-0.05, 0) is 20.8 Å². The summed E-state index contributed by atoms with van der Waals surface area (Å²) in [6.45, 7) is 4.89. The fourth-order valence-electron chi connectivity index (χ4n) is 0.340. The van der Waals surface area contributed by atoms with Crippen LogP contribution in [0.1, 0.15) is 20.8 Å². The van der Waals surface area contributed by atoms with Crippen LogP contribution in [0.4, 0.5) is 0 Å². The average molecular weight is 168 g/mol.